The average Bonchev–Trinajstić information content (AvgIpc) is 3.56. The molecule has 0 aromatic heterocycles. The standard InChI is InChI=1S/C72H54B2N2/c1-71(2,3)53-39-49-47-29-21-37-63-69(47)74(56-32-16-20-36-62(56)75(63)59-33-17-13-27-45(59)43-23-9-7-10-24-43)58-42-52-54(72(4,5)6)40-50-48-30-22-38-64-70(48)73(57-41-51(53)67(65(49)58)68(52)66(50)57)55-31-15-19-35-61(55)76(64)60-34-18-14-28-46(60)44-25-11-8-12-26-44/h7-42H,1-6H3. The van der Waals surface area contributed by atoms with Crippen LogP contribution in [0.1, 0.15) is 52.7 Å². The van der Waals surface area contributed by atoms with Crippen LogP contribution in [0.15, 0.2) is 218 Å². The summed E-state index contributed by atoms with van der Waals surface area (Å²) < 4.78 is 0. The van der Waals surface area contributed by atoms with Crippen molar-refractivity contribution in [3.05, 3.63) is 230 Å². The zero-order valence-electron chi connectivity index (χ0n) is 43.8. The first-order valence-electron chi connectivity index (χ1n) is 27.3. The van der Waals surface area contributed by atoms with Crippen LogP contribution in [0.25, 0.3) is 76.8 Å². The van der Waals surface area contributed by atoms with Crippen molar-refractivity contribution in [2.45, 2.75) is 52.4 Å². The molecule has 0 spiro atoms. The van der Waals surface area contributed by atoms with Gasteiger partial charge < -0.3 is 9.80 Å². The van der Waals surface area contributed by atoms with Crippen molar-refractivity contribution in [1.82, 2.24) is 0 Å². The predicted octanol–water partition coefficient (Wildman–Crippen LogP) is 15.1. The average molecular weight is 969 g/mol. The van der Waals surface area contributed by atoms with Crippen molar-refractivity contribution in [3.63, 3.8) is 0 Å². The first-order chi connectivity index (χ1) is 37.0. The summed E-state index contributed by atoms with van der Waals surface area (Å²) >= 11 is 0. The molecule has 0 unspecified atom stereocenters. The second-order valence-electron chi connectivity index (χ2n) is 23.9. The highest BCUT2D eigenvalue weighted by Crippen LogP contribution is 2.53. The number of para-hydroxylation sites is 4. The highest BCUT2D eigenvalue weighted by molar-refractivity contribution is 7.02. The molecule has 2 nitrogen and oxygen atoms in total. The molecule has 76 heavy (non-hydrogen) atoms. The van der Waals surface area contributed by atoms with Crippen molar-refractivity contribution in [2.75, 3.05) is 9.80 Å². The van der Waals surface area contributed by atoms with E-state index in [1.807, 2.05) is 0 Å². The fourth-order valence-corrected chi connectivity index (χ4v) is 14.6. The van der Waals surface area contributed by atoms with E-state index in [0.717, 1.165) is 0 Å². The maximum atomic E-state index is 2.68. The van der Waals surface area contributed by atoms with Gasteiger partial charge in [-0.05, 0) is 158 Å². The Morgan fingerprint density at radius 1 is 0.276 bits per heavy atom. The monoisotopic (exact) mass is 968 g/mol. The normalized spacial score (nSPS) is 13.8. The van der Waals surface area contributed by atoms with Crippen LogP contribution in [-0.2, 0) is 10.8 Å². The Morgan fingerprint density at radius 2 is 0.618 bits per heavy atom. The van der Waals surface area contributed by atoms with Crippen LogP contribution in [0.3, 0.4) is 0 Å². The molecule has 0 atom stereocenters. The number of hydrogen-bond acceptors (Lipinski definition) is 2. The molecule has 16 rings (SSSR count). The Bertz CT molecular complexity index is 4160. The van der Waals surface area contributed by atoms with Crippen molar-refractivity contribution < 1.29 is 0 Å². The molecular weight excluding hydrogens is 914 g/mol. The quantitative estimate of drug-likeness (QED) is 0.128. The number of nitrogens with zero attached hydrogens (tertiary/aromatic N) is 2. The van der Waals surface area contributed by atoms with Gasteiger partial charge in [0.25, 0.3) is 0 Å². The molecule has 12 aromatic carbocycles. The lowest BCUT2D eigenvalue weighted by molar-refractivity contribution is 0.595. The molecule has 0 saturated carbocycles. The summed E-state index contributed by atoms with van der Waals surface area (Å²) in [6.45, 7) is 14.6. The van der Waals surface area contributed by atoms with E-state index in [-0.39, 0.29) is 24.3 Å². The Morgan fingerprint density at radius 3 is 1.03 bits per heavy atom. The highest BCUT2D eigenvalue weighted by atomic mass is 15.2. The number of rotatable bonds is 4. The van der Waals surface area contributed by atoms with E-state index >= 15 is 0 Å². The largest absolute Gasteiger partial charge is 0.311 e. The zero-order valence-corrected chi connectivity index (χ0v) is 43.8. The van der Waals surface area contributed by atoms with E-state index in [1.165, 1.54) is 155 Å². The number of hydrogen-bond donors (Lipinski definition) is 0. The van der Waals surface area contributed by atoms with Crippen LogP contribution in [0.5, 0.6) is 0 Å². The van der Waals surface area contributed by atoms with Crippen LogP contribution >= 0.6 is 0 Å². The van der Waals surface area contributed by atoms with Crippen molar-refractivity contribution in [1.29, 1.82) is 0 Å². The summed E-state index contributed by atoms with van der Waals surface area (Å²) in [4.78, 5) is 5.14. The van der Waals surface area contributed by atoms with Gasteiger partial charge >= 0.3 is 0 Å². The molecule has 4 heteroatoms. The lowest BCUT2D eigenvalue weighted by atomic mass is 9.31. The van der Waals surface area contributed by atoms with Crippen LogP contribution < -0.4 is 42.6 Å². The summed E-state index contributed by atoms with van der Waals surface area (Å²) in [6.07, 6.45) is 0. The van der Waals surface area contributed by atoms with E-state index in [4.69, 9.17) is 0 Å². The van der Waals surface area contributed by atoms with Gasteiger partial charge in [0, 0.05) is 33.9 Å². The number of anilines is 6. The van der Waals surface area contributed by atoms with Crippen molar-refractivity contribution in [2.24, 2.45) is 0 Å². The summed E-state index contributed by atoms with van der Waals surface area (Å²) in [7, 11) is 0. The van der Waals surface area contributed by atoms with Crippen molar-refractivity contribution >= 4 is 113 Å². The maximum Gasteiger partial charge on any atom is 0.248 e. The minimum Gasteiger partial charge on any atom is -0.311 e. The fraction of sp³-hybridized carbons (Fsp3) is 0.111. The Labute approximate surface area is 446 Å². The van der Waals surface area contributed by atoms with E-state index < -0.39 is 0 Å². The first-order valence-corrected chi connectivity index (χ1v) is 27.3. The highest BCUT2D eigenvalue weighted by Gasteiger charge is 2.46. The minimum atomic E-state index is -0.166. The van der Waals surface area contributed by atoms with Gasteiger partial charge in [-0.3, -0.25) is 0 Å². The summed E-state index contributed by atoms with van der Waals surface area (Å²) in [5.74, 6) is 0. The van der Waals surface area contributed by atoms with Gasteiger partial charge in [0.1, 0.15) is 0 Å². The molecule has 358 valence electrons. The molecular formula is C72H54B2N2. The molecule has 0 amide bonds. The van der Waals surface area contributed by atoms with Crippen LogP contribution in [0.4, 0.5) is 34.1 Å². The number of fused-ring (bicyclic) bond motifs is 8. The molecule has 4 aliphatic rings. The topological polar surface area (TPSA) is 6.48 Å². The summed E-state index contributed by atoms with van der Waals surface area (Å²) in [5.41, 5.74) is 28.4. The summed E-state index contributed by atoms with van der Waals surface area (Å²) in [6, 6.07) is 83.2. The van der Waals surface area contributed by atoms with Crippen LogP contribution in [0, 0.1) is 0 Å². The second kappa shape index (κ2) is 15.5. The number of benzene rings is 12. The Hall–Kier alpha value is -8.59. The third-order valence-corrected chi connectivity index (χ3v) is 17.6. The van der Waals surface area contributed by atoms with Gasteiger partial charge in [-0.1, -0.05) is 222 Å². The van der Waals surface area contributed by atoms with Gasteiger partial charge in [-0.25, -0.2) is 0 Å². The van der Waals surface area contributed by atoms with E-state index in [0.29, 0.717) is 0 Å². The molecule has 0 radical (unpaired) electrons. The van der Waals surface area contributed by atoms with Crippen LogP contribution in [-0.4, -0.2) is 13.4 Å². The second-order valence-corrected chi connectivity index (χ2v) is 23.9. The van der Waals surface area contributed by atoms with Gasteiger partial charge in [-0.15, -0.1) is 0 Å². The lowest BCUT2D eigenvalue weighted by Gasteiger charge is -2.43. The molecule has 0 fully saturated rings. The third-order valence-electron chi connectivity index (χ3n) is 17.6. The maximum absolute atomic E-state index is 2.68. The minimum absolute atomic E-state index is 0.0280. The van der Waals surface area contributed by atoms with Crippen LogP contribution in [0.2, 0.25) is 0 Å². The first kappa shape index (κ1) is 43.8. The Kier molecular flexibility index (Phi) is 8.93. The predicted molar refractivity (Wildman–Crippen MR) is 328 cm³/mol. The molecule has 4 heterocycles. The van der Waals surface area contributed by atoms with Crippen molar-refractivity contribution in [3.8, 4) is 44.5 Å². The lowest BCUT2D eigenvalue weighted by Crippen LogP contribution is -2.60. The molecule has 0 aliphatic carbocycles. The third kappa shape index (κ3) is 5.85. The van der Waals surface area contributed by atoms with E-state index in [1.54, 1.807) is 0 Å². The van der Waals surface area contributed by atoms with E-state index in [2.05, 4.69) is 270 Å². The van der Waals surface area contributed by atoms with Gasteiger partial charge in [0.15, 0.2) is 0 Å². The molecule has 0 saturated heterocycles. The van der Waals surface area contributed by atoms with E-state index in [9.17, 15) is 0 Å². The fourth-order valence-electron chi connectivity index (χ4n) is 14.6. The molecule has 12 aromatic rings. The SMILES string of the molecule is CC(C)(C)c1cc2c3c(cc4c(C(C)(C)C)cc5c6c(cc1c3c46)B1c3ccccc3N(c3ccccc3-c3ccccc3)c3cccc-5c31)B1c3ccccc3N(c3ccccc3-c3ccccc3)c3cccc-2c31. The zero-order chi connectivity index (χ0) is 50.9. The van der Waals surface area contributed by atoms with Gasteiger partial charge in [0.2, 0.25) is 13.4 Å². The smallest absolute Gasteiger partial charge is 0.248 e. The molecule has 0 N–H and O–H groups in total. The molecule has 0 bridgehead atoms. The van der Waals surface area contributed by atoms with Gasteiger partial charge in [-0.2, -0.15) is 0 Å². The van der Waals surface area contributed by atoms with Gasteiger partial charge in [0.05, 0.1) is 11.4 Å². The summed E-state index contributed by atoms with van der Waals surface area (Å²) in [5, 5.41) is 8.44. The Balaban J connectivity index is 1.03. The molecule has 4 aliphatic heterocycles.